The molecule has 0 unspecified atom stereocenters. The number of fused-ring (bicyclic) bond motifs is 1. The molecular weight excluding hydrogens is 146 g/mol. The Morgan fingerprint density at radius 3 is 3.18 bits per heavy atom. The summed E-state index contributed by atoms with van der Waals surface area (Å²) in [5, 5.41) is 9.64. The highest BCUT2D eigenvalue weighted by Gasteiger charge is 2.03. The molecule has 0 saturated carbocycles. The van der Waals surface area contributed by atoms with E-state index in [0.29, 0.717) is 5.65 Å². The fourth-order valence-corrected chi connectivity index (χ4v) is 0.820. The van der Waals surface area contributed by atoms with Gasteiger partial charge in [-0.25, -0.2) is 4.98 Å². The third-order valence-corrected chi connectivity index (χ3v) is 1.41. The number of rotatable bonds is 0. The van der Waals surface area contributed by atoms with Crippen molar-refractivity contribution in [3.05, 3.63) is 16.7 Å². The highest BCUT2D eigenvalue weighted by Crippen LogP contribution is 1.93. The molecule has 6 nitrogen and oxygen atoms in total. The van der Waals surface area contributed by atoms with E-state index in [1.54, 1.807) is 7.05 Å². The number of aryl methyl sites for hydroxylation is 1. The Bertz CT molecular complexity index is 441. The van der Waals surface area contributed by atoms with Crippen LogP contribution in [0.5, 0.6) is 0 Å². The molecule has 0 atom stereocenters. The zero-order valence-electron chi connectivity index (χ0n) is 5.77. The number of aromatic amines is 1. The molecule has 2 heterocycles. The summed E-state index contributed by atoms with van der Waals surface area (Å²) in [5.74, 6) is 0. The van der Waals surface area contributed by atoms with Crippen molar-refractivity contribution in [1.82, 2.24) is 25.0 Å². The van der Waals surface area contributed by atoms with Crippen molar-refractivity contribution < 1.29 is 0 Å². The second-order valence-electron chi connectivity index (χ2n) is 2.16. The average Bonchev–Trinajstić information content (AvgIpc) is 2.45. The maximum absolute atomic E-state index is 11.2. The number of nitrogens with one attached hydrogen (secondary N) is 1. The SMILES string of the molecule is Cn1cnc2n[nH]nc2c1=O. The van der Waals surface area contributed by atoms with Crippen LogP contribution in [0, 0.1) is 0 Å². The fraction of sp³-hybridized carbons (Fsp3) is 0.200. The van der Waals surface area contributed by atoms with Crippen molar-refractivity contribution in [3.8, 4) is 0 Å². The van der Waals surface area contributed by atoms with Gasteiger partial charge in [-0.15, -0.1) is 10.2 Å². The van der Waals surface area contributed by atoms with Crippen molar-refractivity contribution in [2.75, 3.05) is 0 Å². The number of hydrogen-bond acceptors (Lipinski definition) is 4. The minimum Gasteiger partial charge on any atom is -0.300 e. The van der Waals surface area contributed by atoms with Gasteiger partial charge in [-0.2, -0.15) is 5.21 Å². The van der Waals surface area contributed by atoms with E-state index in [9.17, 15) is 4.79 Å². The molecule has 0 aliphatic carbocycles. The van der Waals surface area contributed by atoms with Crippen LogP contribution in [-0.2, 0) is 7.05 Å². The molecule has 0 aliphatic rings. The number of hydrogen-bond donors (Lipinski definition) is 1. The monoisotopic (exact) mass is 151 g/mol. The summed E-state index contributed by atoms with van der Waals surface area (Å²) in [6, 6.07) is 0. The Kier molecular flexibility index (Phi) is 1.03. The third-order valence-electron chi connectivity index (χ3n) is 1.41. The zero-order chi connectivity index (χ0) is 7.84. The summed E-state index contributed by atoms with van der Waals surface area (Å²) in [4.78, 5) is 15.0. The molecule has 56 valence electrons. The normalized spacial score (nSPS) is 10.6. The first kappa shape index (κ1) is 6.02. The Balaban J connectivity index is 3.05. The zero-order valence-corrected chi connectivity index (χ0v) is 5.77. The van der Waals surface area contributed by atoms with Gasteiger partial charge in [0.15, 0.2) is 5.52 Å². The molecule has 2 rings (SSSR count). The van der Waals surface area contributed by atoms with Gasteiger partial charge in [-0.1, -0.05) is 0 Å². The van der Waals surface area contributed by atoms with E-state index in [4.69, 9.17) is 0 Å². The van der Waals surface area contributed by atoms with Crippen LogP contribution in [0.2, 0.25) is 0 Å². The quantitative estimate of drug-likeness (QED) is 0.526. The summed E-state index contributed by atoms with van der Waals surface area (Å²) in [7, 11) is 1.61. The van der Waals surface area contributed by atoms with Gasteiger partial charge in [0.25, 0.3) is 5.56 Å². The highest BCUT2D eigenvalue weighted by molar-refractivity contribution is 5.66. The van der Waals surface area contributed by atoms with Crippen LogP contribution in [0.25, 0.3) is 11.2 Å². The second-order valence-corrected chi connectivity index (χ2v) is 2.16. The number of aromatic nitrogens is 5. The first-order chi connectivity index (χ1) is 5.29. The van der Waals surface area contributed by atoms with Gasteiger partial charge >= 0.3 is 0 Å². The first-order valence-corrected chi connectivity index (χ1v) is 3.01. The van der Waals surface area contributed by atoms with E-state index in [1.165, 1.54) is 10.9 Å². The lowest BCUT2D eigenvalue weighted by Gasteiger charge is -1.90. The topological polar surface area (TPSA) is 76.5 Å². The van der Waals surface area contributed by atoms with Crippen LogP contribution in [-0.4, -0.2) is 25.0 Å². The lowest BCUT2D eigenvalue weighted by Crippen LogP contribution is -2.16. The molecule has 0 spiro atoms. The summed E-state index contributed by atoms with van der Waals surface area (Å²) in [5.41, 5.74) is 0.437. The van der Waals surface area contributed by atoms with E-state index in [2.05, 4.69) is 20.4 Å². The Labute approximate surface area is 60.9 Å². The molecule has 2 aromatic rings. The van der Waals surface area contributed by atoms with Gasteiger partial charge in [-0.05, 0) is 0 Å². The van der Waals surface area contributed by atoms with Crippen molar-refractivity contribution in [2.45, 2.75) is 0 Å². The van der Waals surface area contributed by atoms with Gasteiger partial charge < -0.3 is 4.57 Å². The molecule has 0 radical (unpaired) electrons. The predicted molar refractivity (Wildman–Crippen MR) is 36.9 cm³/mol. The standard InChI is InChI=1S/C5H5N5O/c1-10-2-6-4-3(5(10)11)7-9-8-4/h2H,1H3,(H,7,8,9). The molecular formula is C5H5N5O. The Morgan fingerprint density at radius 2 is 2.36 bits per heavy atom. The van der Waals surface area contributed by atoms with Crippen LogP contribution in [0.3, 0.4) is 0 Å². The summed E-state index contributed by atoms with van der Waals surface area (Å²) in [6.07, 6.45) is 1.41. The maximum Gasteiger partial charge on any atom is 0.283 e. The molecule has 11 heavy (non-hydrogen) atoms. The average molecular weight is 151 g/mol. The van der Waals surface area contributed by atoms with E-state index in [-0.39, 0.29) is 11.1 Å². The van der Waals surface area contributed by atoms with Crippen LogP contribution in [0.4, 0.5) is 0 Å². The minimum atomic E-state index is -0.191. The van der Waals surface area contributed by atoms with E-state index >= 15 is 0 Å². The molecule has 0 saturated heterocycles. The number of H-pyrrole nitrogens is 1. The van der Waals surface area contributed by atoms with Gasteiger partial charge in [0, 0.05) is 7.05 Å². The van der Waals surface area contributed by atoms with Crippen molar-refractivity contribution in [1.29, 1.82) is 0 Å². The largest absolute Gasteiger partial charge is 0.300 e. The van der Waals surface area contributed by atoms with Crippen LogP contribution in [0.1, 0.15) is 0 Å². The van der Waals surface area contributed by atoms with Crippen LogP contribution in [0.15, 0.2) is 11.1 Å². The van der Waals surface area contributed by atoms with Gasteiger partial charge in [-0.3, -0.25) is 4.79 Å². The van der Waals surface area contributed by atoms with Gasteiger partial charge in [0.05, 0.1) is 6.33 Å². The van der Waals surface area contributed by atoms with Crippen LogP contribution >= 0.6 is 0 Å². The smallest absolute Gasteiger partial charge is 0.283 e. The molecule has 6 heteroatoms. The summed E-state index contributed by atoms with van der Waals surface area (Å²) < 4.78 is 1.35. The predicted octanol–water partition coefficient (Wildman–Crippen LogP) is -0.948. The molecule has 0 amide bonds. The lowest BCUT2D eigenvalue weighted by molar-refractivity contribution is 0.839. The second kappa shape index (κ2) is 1.88. The molecule has 1 N–H and O–H groups in total. The van der Waals surface area contributed by atoms with Crippen LogP contribution < -0.4 is 5.56 Å². The molecule has 0 bridgehead atoms. The first-order valence-electron chi connectivity index (χ1n) is 3.01. The number of nitrogens with zero attached hydrogens (tertiary/aromatic N) is 4. The molecule has 2 aromatic heterocycles. The van der Waals surface area contributed by atoms with E-state index < -0.39 is 0 Å². The van der Waals surface area contributed by atoms with Gasteiger partial charge in [0.2, 0.25) is 5.65 Å². The summed E-state index contributed by atoms with van der Waals surface area (Å²) >= 11 is 0. The Hall–Kier alpha value is -1.72. The maximum atomic E-state index is 11.2. The third kappa shape index (κ3) is 0.721. The summed E-state index contributed by atoms with van der Waals surface area (Å²) in [6.45, 7) is 0. The molecule has 0 aliphatic heterocycles. The Morgan fingerprint density at radius 1 is 1.55 bits per heavy atom. The minimum absolute atomic E-state index is 0.191. The van der Waals surface area contributed by atoms with E-state index in [0.717, 1.165) is 0 Å². The van der Waals surface area contributed by atoms with Crippen molar-refractivity contribution in [2.24, 2.45) is 7.05 Å². The van der Waals surface area contributed by atoms with Crippen molar-refractivity contribution in [3.63, 3.8) is 0 Å². The molecule has 0 fully saturated rings. The lowest BCUT2D eigenvalue weighted by atomic mass is 10.5. The molecule has 0 aromatic carbocycles. The van der Waals surface area contributed by atoms with Gasteiger partial charge in [0.1, 0.15) is 0 Å². The highest BCUT2D eigenvalue weighted by atomic mass is 16.1. The fourth-order valence-electron chi connectivity index (χ4n) is 0.820. The van der Waals surface area contributed by atoms with Crippen molar-refractivity contribution >= 4 is 11.2 Å². The van der Waals surface area contributed by atoms with E-state index in [1.807, 2.05) is 0 Å².